The van der Waals surface area contributed by atoms with Crippen molar-refractivity contribution in [1.29, 1.82) is 0 Å². The fraction of sp³-hybridized carbons (Fsp3) is 0.615. The minimum atomic E-state index is -0.174. The van der Waals surface area contributed by atoms with Crippen molar-refractivity contribution in [2.45, 2.75) is 46.3 Å². The smallest absolute Gasteiger partial charge is 0.286 e. The molecule has 0 atom stereocenters. The van der Waals surface area contributed by atoms with E-state index in [4.69, 9.17) is 4.42 Å². The highest BCUT2D eigenvalue weighted by Gasteiger charge is 2.20. The van der Waals surface area contributed by atoms with Crippen molar-refractivity contribution in [2.24, 2.45) is 0 Å². The van der Waals surface area contributed by atoms with Crippen molar-refractivity contribution >= 4 is 5.91 Å². The molecule has 2 N–H and O–H groups in total. The maximum atomic E-state index is 11.4. The molecule has 0 aromatic carbocycles. The summed E-state index contributed by atoms with van der Waals surface area (Å²) >= 11 is 0. The first kappa shape index (κ1) is 13.8. The van der Waals surface area contributed by atoms with Gasteiger partial charge in [-0.1, -0.05) is 0 Å². The molecule has 1 amide bonds. The van der Waals surface area contributed by atoms with E-state index in [0.29, 0.717) is 17.8 Å². The van der Waals surface area contributed by atoms with Crippen molar-refractivity contribution in [1.82, 2.24) is 5.32 Å². The molecule has 0 bridgehead atoms. The molecule has 1 heterocycles. The Kier molecular flexibility index (Phi) is 4.75. The van der Waals surface area contributed by atoms with Crippen molar-refractivity contribution in [2.75, 3.05) is 7.05 Å². The van der Waals surface area contributed by atoms with Crippen LogP contribution in [-0.4, -0.2) is 25.0 Å². The molecule has 1 aromatic heterocycles. The highest BCUT2D eigenvalue weighted by atomic mass is 16.4. The van der Waals surface area contributed by atoms with E-state index in [9.17, 15) is 4.79 Å². The molecule has 1 rings (SSSR count). The summed E-state index contributed by atoms with van der Waals surface area (Å²) in [5.74, 6) is 1.07. The molecule has 1 aromatic rings. The molecule has 0 aliphatic carbocycles. The second-order valence-electron chi connectivity index (χ2n) is 4.91. The van der Waals surface area contributed by atoms with Crippen molar-refractivity contribution in [3.05, 3.63) is 23.7 Å². The molecule has 17 heavy (non-hydrogen) atoms. The van der Waals surface area contributed by atoms with Crippen molar-refractivity contribution in [3.8, 4) is 0 Å². The molecular formula is C13H23N2O2+. The minimum Gasteiger partial charge on any atom is -0.450 e. The van der Waals surface area contributed by atoms with Gasteiger partial charge in [0.15, 0.2) is 11.5 Å². The summed E-state index contributed by atoms with van der Waals surface area (Å²) in [5, 5.41) is 2.55. The summed E-state index contributed by atoms with van der Waals surface area (Å²) < 4.78 is 5.53. The first-order valence-corrected chi connectivity index (χ1v) is 6.12. The molecule has 0 aliphatic rings. The number of carbonyl (C=O) groups is 1. The molecule has 0 aliphatic heterocycles. The van der Waals surface area contributed by atoms with Gasteiger partial charge in [-0.2, -0.15) is 0 Å². The lowest BCUT2D eigenvalue weighted by atomic mass is 10.2. The van der Waals surface area contributed by atoms with Gasteiger partial charge in [0.2, 0.25) is 0 Å². The third-order valence-corrected chi connectivity index (χ3v) is 2.97. The Balaban J connectivity index is 2.74. The monoisotopic (exact) mass is 239 g/mol. The maximum absolute atomic E-state index is 11.4. The van der Waals surface area contributed by atoms with Crippen LogP contribution >= 0.6 is 0 Å². The van der Waals surface area contributed by atoms with Crippen molar-refractivity contribution < 1.29 is 14.1 Å². The molecule has 0 saturated heterocycles. The second kappa shape index (κ2) is 5.87. The molecular weight excluding hydrogens is 216 g/mol. The zero-order chi connectivity index (χ0) is 13.0. The first-order chi connectivity index (χ1) is 7.95. The largest absolute Gasteiger partial charge is 0.450 e. The average molecular weight is 239 g/mol. The molecule has 0 radical (unpaired) electrons. The number of hydrogen-bond acceptors (Lipinski definition) is 2. The molecule has 0 unspecified atom stereocenters. The van der Waals surface area contributed by atoms with Gasteiger partial charge in [0.25, 0.3) is 5.91 Å². The van der Waals surface area contributed by atoms with E-state index >= 15 is 0 Å². The summed E-state index contributed by atoms with van der Waals surface area (Å²) in [6, 6.07) is 4.68. The Bertz CT molecular complexity index is 361. The van der Waals surface area contributed by atoms with Crippen LogP contribution in [0.25, 0.3) is 0 Å². The zero-order valence-electron chi connectivity index (χ0n) is 11.3. The third kappa shape index (κ3) is 3.60. The summed E-state index contributed by atoms with van der Waals surface area (Å²) in [5.41, 5.74) is 0. The van der Waals surface area contributed by atoms with Crippen LogP contribution in [0.4, 0.5) is 0 Å². The molecule has 0 fully saturated rings. The normalized spacial score (nSPS) is 11.5. The van der Waals surface area contributed by atoms with Crippen LogP contribution in [0.5, 0.6) is 0 Å². The summed E-state index contributed by atoms with van der Waals surface area (Å²) in [4.78, 5) is 12.8. The van der Waals surface area contributed by atoms with Gasteiger partial charge >= 0.3 is 0 Å². The van der Waals surface area contributed by atoms with E-state index in [0.717, 1.165) is 12.3 Å². The number of quaternary nitrogens is 1. The average Bonchev–Trinajstić information content (AvgIpc) is 2.72. The first-order valence-electron chi connectivity index (χ1n) is 6.12. The number of amides is 1. The molecule has 4 heteroatoms. The molecule has 0 spiro atoms. The van der Waals surface area contributed by atoms with E-state index in [1.54, 1.807) is 13.1 Å². The lowest BCUT2D eigenvalue weighted by molar-refractivity contribution is -0.956. The van der Waals surface area contributed by atoms with Crippen LogP contribution in [0.15, 0.2) is 16.5 Å². The quantitative estimate of drug-likeness (QED) is 0.800. The van der Waals surface area contributed by atoms with Gasteiger partial charge in [-0.05, 0) is 39.8 Å². The van der Waals surface area contributed by atoms with E-state index < -0.39 is 0 Å². The second-order valence-corrected chi connectivity index (χ2v) is 4.91. The van der Waals surface area contributed by atoms with Crippen LogP contribution in [-0.2, 0) is 6.54 Å². The predicted molar refractivity (Wildman–Crippen MR) is 67.0 cm³/mol. The third-order valence-electron chi connectivity index (χ3n) is 2.97. The van der Waals surface area contributed by atoms with Gasteiger partial charge in [-0.3, -0.25) is 4.79 Å². The number of furan rings is 1. The van der Waals surface area contributed by atoms with E-state index in [1.165, 1.54) is 4.90 Å². The fourth-order valence-corrected chi connectivity index (χ4v) is 1.99. The van der Waals surface area contributed by atoms with Crippen LogP contribution in [0.2, 0.25) is 0 Å². The topological polar surface area (TPSA) is 46.7 Å². The lowest BCUT2D eigenvalue weighted by Crippen LogP contribution is -3.16. The van der Waals surface area contributed by atoms with E-state index in [-0.39, 0.29) is 5.91 Å². The Morgan fingerprint density at radius 3 is 2.35 bits per heavy atom. The number of carbonyl (C=O) groups excluding carboxylic acids is 1. The predicted octanol–water partition coefficient (Wildman–Crippen LogP) is 0.841. The van der Waals surface area contributed by atoms with Crippen LogP contribution in [0.3, 0.4) is 0 Å². The highest BCUT2D eigenvalue weighted by Crippen LogP contribution is 2.06. The van der Waals surface area contributed by atoms with Gasteiger partial charge in [-0.15, -0.1) is 0 Å². The fourth-order valence-electron chi connectivity index (χ4n) is 1.99. The van der Waals surface area contributed by atoms with E-state index in [2.05, 4.69) is 33.0 Å². The van der Waals surface area contributed by atoms with Gasteiger partial charge in [-0.25, -0.2) is 0 Å². The summed E-state index contributed by atoms with van der Waals surface area (Å²) in [6.45, 7) is 9.58. The molecule has 96 valence electrons. The number of rotatable bonds is 5. The maximum Gasteiger partial charge on any atom is 0.286 e. The Hall–Kier alpha value is -1.29. The Morgan fingerprint density at radius 2 is 1.88 bits per heavy atom. The van der Waals surface area contributed by atoms with Crippen LogP contribution in [0, 0.1) is 0 Å². The summed E-state index contributed by atoms with van der Waals surface area (Å²) in [7, 11) is 1.60. The lowest BCUT2D eigenvalue weighted by Gasteiger charge is -2.26. The van der Waals surface area contributed by atoms with E-state index in [1.807, 2.05) is 6.07 Å². The van der Waals surface area contributed by atoms with Gasteiger partial charge in [0.1, 0.15) is 6.54 Å². The van der Waals surface area contributed by atoms with Crippen molar-refractivity contribution in [3.63, 3.8) is 0 Å². The van der Waals surface area contributed by atoms with Crippen LogP contribution < -0.4 is 10.2 Å². The Labute approximate surface area is 103 Å². The molecule has 0 saturated carbocycles. The standard InChI is InChI=1S/C13H22N2O2/c1-9(2)15(10(3)4)8-11-6-7-12(17-11)13(16)14-5/h6-7,9-10H,8H2,1-5H3,(H,14,16)/p+1. The zero-order valence-corrected chi connectivity index (χ0v) is 11.3. The number of nitrogens with one attached hydrogen (secondary N) is 2. The van der Waals surface area contributed by atoms with Gasteiger partial charge in [0.05, 0.1) is 12.1 Å². The number of hydrogen-bond donors (Lipinski definition) is 2. The summed E-state index contributed by atoms with van der Waals surface area (Å²) in [6.07, 6.45) is 0. The van der Waals surface area contributed by atoms with Crippen LogP contribution in [0.1, 0.15) is 44.0 Å². The molecule has 4 nitrogen and oxygen atoms in total. The SMILES string of the molecule is CNC(=O)c1ccc(C[NH+](C(C)C)C(C)C)o1. The van der Waals surface area contributed by atoms with Gasteiger partial charge in [0, 0.05) is 7.05 Å². The highest BCUT2D eigenvalue weighted by molar-refractivity contribution is 5.91. The Morgan fingerprint density at radius 1 is 1.29 bits per heavy atom. The minimum absolute atomic E-state index is 0.174. The van der Waals surface area contributed by atoms with Gasteiger partial charge < -0.3 is 14.6 Å².